The molecule has 2 rings (SSSR count). The third-order valence-electron chi connectivity index (χ3n) is 5.48. The Bertz CT molecular complexity index is 332. The fourth-order valence-corrected chi connectivity index (χ4v) is 3.67. The van der Waals surface area contributed by atoms with Crippen molar-refractivity contribution in [3.63, 3.8) is 0 Å². The van der Waals surface area contributed by atoms with E-state index in [1.165, 1.54) is 37.7 Å². The van der Waals surface area contributed by atoms with Crippen LogP contribution in [-0.2, 0) is 0 Å². The van der Waals surface area contributed by atoms with E-state index in [4.69, 9.17) is 0 Å². The van der Waals surface area contributed by atoms with Crippen LogP contribution in [0.1, 0.15) is 59.8 Å². The molecule has 1 fully saturated rings. The van der Waals surface area contributed by atoms with Gasteiger partial charge in [-0.05, 0) is 55.8 Å². The molecule has 0 bridgehead atoms. The van der Waals surface area contributed by atoms with Crippen LogP contribution in [0.25, 0.3) is 0 Å². The van der Waals surface area contributed by atoms with Crippen LogP contribution in [0.2, 0.25) is 0 Å². The molecule has 90 valence electrons. The van der Waals surface area contributed by atoms with E-state index in [1.54, 1.807) is 5.57 Å². The van der Waals surface area contributed by atoms with Crippen molar-refractivity contribution in [1.82, 2.24) is 0 Å². The summed E-state index contributed by atoms with van der Waals surface area (Å²) in [5.41, 5.74) is 4.01. The van der Waals surface area contributed by atoms with Crippen LogP contribution in [0, 0.1) is 16.7 Å². The van der Waals surface area contributed by atoms with Gasteiger partial charge in [0.05, 0.1) is 0 Å². The first kappa shape index (κ1) is 12.0. The molecule has 1 saturated carbocycles. The predicted octanol–water partition coefficient (Wildman–Crippen LogP) is 5.12. The molecule has 0 unspecified atom stereocenters. The lowest BCUT2D eigenvalue weighted by Crippen LogP contribution is -2.43. The van der Waals surface area contributed by atoms with Crippen LogP contribution >= 0.6 is 0 Å². The van der Waals surface area contributed by atoms with Crippen LogP contribution in [0.5, 0.6) is 0 Å². The average Bonchev–Trinajstić information content (AvgIpc) is 2.18. The summed E-state index contributed by atoms with van der Waals surface area (Å²) in [5.74, 6) is 0.750. The third-order valence-corrected chi connectivity index (χ3v) is 5.48. The van der Waals surface area contributed by atoms with Crippen molar-refractivity contribution in [3.05, 3.63) is 23.8 Å². The standard InChI is InChI=1S/C16H26/c1-12(2)13-8-9-14-7-6-10-15(3,4)16(14,5)11-13/h7,13H,1,6,8-11H2,2-5H3/t13-,16-/m1/s1. The molecule has 2 atom stereocenters. The normalized spacial score (nSPS) is 37.5. The summed E-state index contributed by atoms with van der Waals surface area (Å²) in [6.45, 7) is 13.8. The molecular weight excluding hydrogens is 192 g/mol. The van der Waals surface area contributed by atoms with Gasteiger partial charge in [-0.2, -0.15) is 0 Å². The first-order chi connectivity index (χ1) is 7.37. The van der Waals surface area contributed by atoms with Gasteiger partial charge in [-0.25, -0.2) is 0 Å². The van der Waals surface area contributed by atoms with Crippen LogP contribution in [0.4, 0.5) is 0 Å². The maximum atomic E-state index is 4.18. The monoisotopic (exact) mass is 218 g/mol. The first-order valence-corrected chi connectivity index (χ1v) is 6.72. The largest absolute Gasteiger partial charge is 0.0999 e. The maximum Gasteiger partial charge on any atom is -0.00595 e. The van der Waals surface area contributed by atoms with Gasteiger partial charge in [-0.15, -0.1) is 0 Å². The second kappa shape index (κ2) is 3.75. The molecule has 2 aliphatic rings. The average molecular weight is 218 g/mol. The van der Waals surface area contributed by atoms with Crippen molar-refractivity contribution >= 4 is 0 Å². The number of hydrogen-bond acceptors (Lipinski definition) is 0. The highest BCUT2D eigenvalue weighted by Gasteiger charge is 2.48. The van der Waals surface area contributed by atoms with E-state index in [1.807, 2.05) is 0 Å². The summed E-state index contributed by atoms with van der Waals surface area (Å²) < 4.78 is 0. The molecule has 0 aromatic carbocycles. The van der Waals surface area contributed by atoms with Gasteiger partial charge < -0.3 is 0 Å². The van der Waals surface area contributed by atoms with Crippen molar-refractivity contribution in [3.8, 4) is 0 Å². The van der Waals surface area contributed by atoms with E-state index in [0.717, 1.165) is 5.92 Å². The summed E-state index contributed by atoms with van der Waals surface area (Å²) in [6, 6.07) is 0. The Labute approximate surface area is 101 Å². The van der Waals surface area contributed by atoms with Gasteiger partial charge in [0.1, 0.15) is 0 Å². The lowest BCUT2D eigenvalue weighted by molar-refractivity contribution is 0.0609. The van der Waals surface area contributed by atoms with Gasteiger partial charge in [-0.1, -0.05) is 44.6 Å². The zero-order valence-electron chi connectivity index (χ0n) is 11.4. The highest BCUT2D eigenvalue weighted by molar-refractivity contribution is 5.25. The molecule has 0 aromatic rings. The molecule has 0 aliphatic heterocycles. The number of allylic oxidation sites excluding steroid dienone is 3. The minimum absolute atomic E-state index is 0.424. The highest BCUT2D eigenvalue weighted by atomic mass is 14.5. The van der Waals surface area contributed by atoms with Crippen molar-refractivity contribution in [2.75, 3.05) is 0 Å². The van der Waals surface area contributed by atoms with Gasteiger partial charge in [0.25, 0.3) is 0 Å². The lowest BCUT2D eigenvalue weighted by atomic mass is 9.51. The van der Waals surface area contributed by atoms with E-state index < -0.39 is 0 Å². The van der Waals surface area contributed by atoms with E-state index in [-0.39, 0.29) is 0 Å². The molecule has 0 radical (unpaired) electrons. The Kier molecular flexibility index (Phi) is 2.80. The Morgan fingerprint density at radius 1 is 1.38 bits per heavy atom. The molecule has 0 spiro atoms. The minimum atomic E-state index is 0.424. The molecule has 2 aliphatic carbocycles. The predicted molar refractivity (Wildman–Crippen MR) is 71.4 cm³/mol. The van der Waals surface area contributed by atoms with E-state index in [2.05, 4.69) is 40.3 Å². The smallest absolute Gasteiger partial charge is 0.00595 e. The van der Waals surface area contributed by atoms with Gasteiger partial charge in [-0.3, -0.25) is 0 Å². The van der Waals surface area contributed by atoms with E-state index >= 15 is 0 Å². The summed E-state index contributed by atoms with van der Waals surface area (Å²) in [7, 11) is 0. The van der Waals surface area contributed by atoms with Crippen LogP contribution in [0.15, 0.2) is 23.8 Å². The van der Waals surface area contributed by atoms with E-state index in [0.29, 0.717) is 10.8 Å². The van der Waals surface area contributed by atoms with Crippen molar-refractivity contribution in [2.45, 2.75) is 59.8 Å². The van der Waals surface area contributed by atoms with Crippen molar-refractivity contribution < 1.29 is 0 Å². The zero-order chi connectivity index (χ0) is 12.0. The SMILES string of the molecule is C=C(C)[C@@H]1CCC2=CCCC(C)(C)[C@]2(C)C1. The third kappa shape index (κ3) is 1.67. The second-order valence-electron chi connectivity index (χ2n) is 6.77. The van der Waals surface area contributed by atoms with Crippen LogP contribution in [-0.4, -0.2) is 0 Å². The Morgan fingerprint density at radius 3 is 2.69 bits per heavy atom. The molecule has 0 heteroatoms. The first-order valence-electron chi connectivity index (χ1n) is 6.72. The topological polar surface area (TPSA) is 0 Å². The lowest BCUT2D eigenvalue weighted by Gasteiger charge is -2.53. The Balaban J connectivity index is 2.32. The summed E-state index contributed by atoms with van der Waals surface area (Å²) in [4.78, 5) is 0. The molecule has 0 heterocycles. The number of rotatable bonds is 1. The maximum absolute atomic E-state index is 4.18. The van der Waals surface area contributed by atoms with Gasteiger partial charge in [0.2, 0.25) is 0 Å². The molecule has 0 aromatic heterocycles. The van der Waals surface area contributed by atoms with E-state index in [9.17, 15) is 0 Å². The Morgan fingerprint density at radius 2 is 2.06 bits per heavy atom. The molecule has 0 N–H and O–H groups in total. The second-order valence-corrected chi connectivity index (χ2v) is 6.77. The van der Waals surface area contributed by atoms with Gasteiger partial charge in [0, 0.05) is 0 Å². The molecule has 16 heavy (non-hydrogen) atoms. The Hall–Kier alpha value is -0.520. The number of hydrogen-bond donors (Lipinski definition) is 0. The minimum Gasteiger partial charge on any atom is -0.0999 e. The van der Waals surface area contributed by atoms with Gasteiger partial charge >= 0.3 is 0 Å². The highest BCUT2D eigenvalue weighted by Crippen LogP contribution is 2.59. The fourth-order valence-electron chi connectivity index (χ4n) is 3.67. The van der Waals surface area contributed by atoms with Gasteiger partial charge in [0.15, 0.2) is 0 Å². The summed E-state index contributed by atoms with van der Waals surface area (Å²) in [5, 5.41) is 0. The molecule has 0 nitrogen and oxygen atoms in total. The summed E-state index contributed by atoms with van der Waals surface area (Å²) in [6.07, 6.45) is 9.11. The van der Waals surface area contributed by atoms with Crippen LogP contribution in [0.3, 0.4) is 0 Å². The fraction of sp³-hybridized carbons (Fsp3) is 0.750. The molecule has 0 amide bonds. The number of fused-ring (bicyclic) bond motifs is 1. The molecule has 0 saturated heterocycles. The van der Waals surface area contributed by atoms with Crippen molar-refractivity contribution in [1.29, 1.82) is 0 Å². The van der Waals surface area contributed by atoms with Crippen molar-refractivity contribution in [2.24, 2.45) is 16.7 Å². The molecular formula is C16H26. The quantitative estimate of drug-likeness (QED) is 0.536. The zero-order valence-corrected chi connectivity index (χ0v) is 11.4. The summed E-state index contributed by atoms with van der Waals surface area (Å²) >= 11 is 0. The van der Waals surface area contributed by atoms with Crippen LogP contribution < -0.4 is 0 Å².